The van der Waals surface area contributed by atoms with Crippen molar-refractivity contribution in [2.45, 2.75) is 12.5 Å². The molecule has 1 amide bonds. The Hall–Kier alpha value is -1.83. The largest absolute Gasteiger partial charge is 0.388 e. The van der Waals surface area contributed by atoms with Crippen LogP contribution in [0, 0.1) is 12.3 Å². The standard InChI is InChI=1S/C16H20N2O2/c1-2-8-17-9-11-18(12-10-17)16(20)13-15(19)14-6-4-3-5-7-14/h1,3-7,15,19H,8-13H2. The van der Waals surface area contributed by atoms with E-state index in [1.807, 2.05) is 30.3 Å². The van der Waals surface area contributed by atoms with Crippen LogP contribution in [0.5, 0.6) is 0 Å². The maximum absolute atomic E-state index is 12.2. The molecule has 1 aromatic rings. The fourth-order valence-electron chi connectivity index (χ4n) is 2.37. The summed E-state index contributed by atoms with van der Waals surface area (Å²) in [5.74, 6) is 2.62. The van der Waals surface area contributed by atoms with E-state index in [-0.39, 0.29) is 12.3 Å². The average Bonchev–Trinajstić information content (AvgIpc) is 2.49. The Bertz CT molecular complexity index is 473. The molecule has 1 fully saturated rings. The Balaban J connectivity index is 1.83. The smallest absolute Gasteiger partial charge is 0.225 e. The number of carbonyl (C=O) groups is 1. The number of hydrogen-bond acceptors (Lipinski definition) is 3. The predicted molar refractivity (Wildman–Crippen MR) is 77.9 cm³/mol. The van der Waals surface area contributed by atoms with Gasteiger partial charge in [-0.1, -0.05) is 36.3 Å². The van der Waals surface area contributed by atoms with Crippen molar-refractivity contribution in [1.82, 2.24) is 9.80 Å². The number of carbonyl (C=O) groups excluding carboxylic acids is 1. The molecule has 1 aliphatic heterocycles. The zero-order valence-electron chi connectivity index (χ0n) is 11.5. The topological polar surface area (TPSA) is 43.8 Å². The van der Waals surface area contributed by atoms with Crippen LogP contribution in [0.1, 0.15) is 18.1 Å². The molecule has 0 aliphatic carbocycles. The first-order valence-corrected chi connectivity index (χ1v) is 6.87. The molecule has 1 heterocycles. The fraction of sp³-hybridized carbons (Fsp3) is 0.438. The van der Waals surface area contributed by atoms with Crippen molar-refractivity contribution in [2.24, 2.45) is 0 Å². The molecule has 1 saturated heterocycles. The number of aliphatic hydroxyl groups is 1. The van der Waals surface area contributed by atoms with Gasteiger partial charge in [-0.15, -0.1) is 6.42 Å². The summed E-state index contributed by atoms with van der Waals surface area (Å²) in [4.78, 5) is 16.1. The van der Waals surface area contributed by atoms with Crippen molar-refractivity contribution in [3.63, 3.8) is 0 Å². The highest BCUT2D eigenvalue weighted by Gasteiger charge is 2.22. The van der Waals surface area contributed by atoms with E-state index in [0.29, 0.717) is 19.6 Å². The molecule has 4 nitrogen and oxygen atoms in total. The normalized spacial score (nSPS) is 17.5. The van der Waals surface area contributed by atoms with E-state index in [1.54, 1.807) is 4.90 Å². The zero-order valence-corrected chi connectivity index (χ0v) is 11.5. The molecule has 1 N–H and O–H groups in total. The van der Waals surface area contributed by atoms with Gasteiger partial charge >= 0.3 is 0 Å². The van der Waals surface area contributed by atoms with Gasteiger partial charge in [0.2, 0.25) is 5.91 Å². The van der Waals surface area contributed by atoms with Crippen LogP contribution in [0.4, 0.5) is 0 Å². The molecule has 1 aromatic carbocycles. The van der Waals surface area contributed by atoms with E-state index in [9.17, 15) is 9.90 Å². The summed E-state index contributed by atoms with van der Waals surface area (Å²) in [7, 11) is 0. The van der Waals surface area contributed by atoms with Crippen LogP contribution in [-0.4, -0.2) is 53.5 Å². The molecular weight excluding hydrogens is 252 g/mol. The summed E-state index contributed by atoms with van der Waals surface area (Å²) < 4.78 is 0. The average molecular weight is 272 g/mol. The van der Waals surface area contributed by atoms with Gasteiger partial charge in [-0.25, -0.2) is 0 Å². The summed E-state index contributed by atoms with van der Waals surface area (Å²) in [5, 5.41) is 10.1. The van der Waals surface area contributed by atoms with E-state index in [1.165, 1.54) is 0 Å². The Morgan fingerprint density at radius 2 is 1.90 bits per heavy atom. The molecule has 4 heteroatoms. The van der Waals surface area contributed by atoms with Gasteiger partial charge in [-0.3, -0.25) is 9.69 Å². The molecule has 1 unspecified atom stereocenters. The Morgan fingerprint density at radius 1 is 1.25 bits per heavy atom. The van der Waals surface area contributed by atoms with Gasteiger partial charge in [0.1, 0.15) is 0 Å². The number of aliphatic hydroxyl groups excluding tert-OH is 1. The number of amides is 1. The van der Waals surface area contributed by atoms with Crippen molar-refractivity contribution in [2.75, 3.05) is 32.7 Å². The molecule has 0 aromatic heterocycles. The number of terminal acetylenes is 1. The van der Waals surface area contributed by atoms with Gasteiger partial charge in [0.15, 0.2) is 0 Å². The molecular formula is C16H20N2O2. The summed E-state index contributed by atoms with van der Waals surface area (Å²) in [6, 6.07) is 9.29. The minimum absolute atomic E-state index is 0.00158. The minimum atomic E-state index is -0.729. The second-order valence-corrected chi connectivity index (χ2v) is 4.99. The quantitative estimate of drug-likeness (QED) is 0.828. The molecule has 0 spiro atoms. The SMILES string of the molecule is C#CCN1CCN(C(=O)CC(O)c2ccccc2)CC1. The van der Waals surface area contributed by atoms with Crippen LogP contribution in [0.25, 0.3) is 0 Å². The maximum Gasteiger partial charge on any atom is 0.225 e. The van der Waals surface area contributed by atoms with Gasteiger partial charge in [-0.2, -0.15) is 0 Å². The first-order valence-electron chi connectivity index (χ1n) is 6.87. The molecule has 0 radical (unpaired) electrons. The monoisotopic (exact) mass is 272 g/mol. The first-order chi connectivity index (χ1) is 9.70. The summed E-state index contributed by atoms with van der Waals surface area (Å²) in [6.07, 6.45) is 4.69. The molecule has 0 bridgehead atoms. The van der Waals surface area contributed by atoms with Crippen molar-refractivity contribution in [3.05, 3.63) is 35.9 Å². The van der Waals surface area contributed by atoms with E-state index < -0.39 is 6.10 Å². The van der Waals surface area contributed by atoms with Crippen molar-refractivity contribution < 1.29 is 9.90 Å². The highest BCUT2D eigenvalue weighted by molar-refractivity contribution is 5.77. The lowest BCUT2D eigenvalue weighted by molar-refractivity contribution is -0.135. The lowest BCUT2D eigenvalue weighted by Gasteiger charge is -2.34. The van der Waals surface area contributed by atoms with E-state index >= 15 is 0 Å². The minimum Gasteiger partial charge on any atom is -0.388 e. The second kappa shape index (κ2) is 7.09. The number of benzene rings is 1. The highest BCUT2D eigenvalue weighted by Crippen LogP contribution is 2.17. The van der Waals surface area contributed by atoms with Gasteiger partial charge < -0.3 is 10.0 Å². The molecule has 106 valence electrons. The lowest BCUT2D eigenvalue weighted by Crippen LogP contribution is -2.48. The van der Waals surface area contributed by atoms with Gasteiger partial charge in [0, 0.05) is 26.2 Å². The van der Waals surface area contributed by atoms with Crippen LogP contribution in [0.3, 0.4) is 0 Å². The second-order valence-electron chi connectivity index (χ2n) is 4.99. The predicted octanol–water partition coefficient (Wildman–Crippen LogP) is 0.887. The Morgan fingerprint density at radius 3 is 2.50 bits per heavy atom. The number of hydrogen-bond donors (Lipinski definition) is 1. The molecule has 1 atom stereocenters. The lowest BCUT2D eigenvalue weighted by atomic mass is 10.1. The molecule has 0 saturated carbocycles. The number of nitrogens with zero attached hydrogens (tertiary/aromatic N) is 2. The van der Waals surface area contributed by atoms with Crippen LogP contribution in [-0.2, 0) is 4.79 Å². The van der Waals surface area contributed by atoms with Gasteiger partial charge in [0.25, 0.3) is 0 Å². The Kier molecular flexibility index (Phi) is 5.16. The summed E-state index contributed by atoms with van der Waals surface area (Å²) in [5.41, 5.74) is 0.784. The van der Waals surface area contributed by atoms with Crippen LogP contribution < -0.4 is 0 Å². The highest BCUT2D eigenvalue weighted by atomic mass is 16.3. The van der Waals surface area contributed by atoms with Crippen molar-refractivity contribution in [1.29, 1.82) is 0 Å². The fourth-order valence-corrected chi connectivity index (χ4v) is 2.37. The van der Waals surface area contributed by atoms with Gasteiger partial charge in [0.05, 0.1) is 19.1 Å². The third kappa shape index (κ3) is 3.83. The number of rotatable bonds is 4. The van der Waals surface area contributed by atoms with Crippen LogP contribution in [0.2, 0.25) is 0 Å². The third-order valence-corrected chi connectivity index (χ3v) is 3.59. The summed E-state index contributed by atoms with van der Waals surface area (Å²) in [6.45, 7) is 3.60. The first kappa shape index (κ1) is 14.6. The third-order valence-electron chi connectivity index (χ3n) is 3.59. The van der Waals surface area contributed by atoms with Crippen LogP contribution >= 0.6 is 0 Å². The zero-order chi connectivity index (χ0) is 14.4. The van der Waals surface area contributed by atoms with E-state index in [4.69, 9.17) is 6.42 Å². The van der Waals surface area contributed by atoms with Crippen LogP contribution in [0.15, 0.2) is 30.3 Å². The number of piperazine rings is 1. The van der Waals surface area contributed by atoms with E-state index in [2.05, 4.69) is 10.8 Å². The summed E-state index contributed by atoms with van der Waals surface area (Å²) >= 11 is 0. The van der Waals surface area contributed by atoms with Gasteiger partial charge in [-0.05, 0) is 5.56 Å². The Labute approximate surface area is 120 Å². The maximum atomic E-state index is 12.2. The molecule has 20 heavy (non-hydrogen) atoms. The van der Waals surface area contributed by atoms with Crippen molar-refractivity contribution >= 4 is 5.91 Å². The molecule has 1 aliphatic rings. The molecule has 2 rings (SSSR count). The van der Waals surface area contributed by atoms with Crippen molar-refractivity contribution in [3.8, 4) is 12.3 Å². The van der Waals surface area contributed by atoms with E-state index in [0.717, 1.165) is 18.7 Å².